The summed E-state index contributed by atoms with van der Waals surface area (Å²) in [5.74, 6) is 0. The third-order valence-electron chi connectivity index (χ3n) is 3.08. The van der Waals surface area contributed by atoms with E-state index in [0.29, 0.717) is 21.2 Å². The number of alkyl halides is 3. The minimum Gasteiger partial charge on any atom is -0.324 e. The van der Waals surface area contributed by atoms with Gasteiger partial charge in [-0.2, -0.15) is 13.2 Å². The van der Waals surface area contributed by atoms with Crippen LogP contribution in [-0.4, -0.2) is 0 Å². The van der Waals surface area contributed by atoms with Crippen molar-refractivity contribution >= 4 is 23.2 Å². The highest BCUT2D eigenvalue weighted by atomic mass is 35.5. The zero-order chi connectivity index (χ0) is 15.6. The van der Waals surface area contributed by atoms with Crippen molar-refractivity contribution in [3.63, 3.8) is 0 Å². The van der Waals surface area contributed by atoms with Crippen LogP contribution in [0.4, 0.5) is 13.2 Å². The van der Waals surface area contributed by atoms with E-state index in [1.165, 1.54) is 6.07 Å². The SMILES string of the molecule is NC(Cc1cccc(C(F)(F)F)c1)c1c(Cl)cccc1Cl. The van der Waals surface area contributed by atoms with Gasteiger partial charge in [0.1, 0.15) is 0 Å². The van der Waals surface area contributed by atoms with Crippen molar-refractivity contribution in [1.29, 1.82) is 0 Å². The van der Waals surface area contributed by atoms with Crippen LogP contribution in [0.1, 0.15) is 22.7 Å². The molecule has 0 saturated heterocycles. The first-order chi connectivity index (χ1) is 9.79. The summed E-state index contributed by atoms with van der Waals surface area (Å²) in [7, 11) is 0. The Morgan fingerprint density at radius 2 is 1.57 bits per heavy atom. The first-order valence-electron chi connectivity index (χ1n) is 6.14. The minimum absolute atomic E-state index is 0.216. The van der Waals surface area contributed by atoms with Crippen LogP contribution in [0.5, 0.6) is 0 Å². The van der Waals surface area contributed by atoms with Gasteiger partial charge < -0.3 is 5.73 Å². The van der Waals surface area contributed by atoms with E-state index in [2.05, 4.69) is 0 Å². The molecule has 0 saturated carbocycles. The van der Waals surface area contributed by atoms with Gasteiger partial charge in [0.05, 0.1) is 5.56 Å². The van der Waals surface area contributed by atoms with Gasteiger partial charge in [0.25, 0.3) is 0 Å². The third kappa shape index (κ3) is 3.90. The van der Waals surface area contributed by atoms with Crippen LogP contribution in [-0.2, 0) is 12.6 Å². The van der Waals surface area contributed by atoms with E-state index in [9.17, 15) is 13.2 Å². The summed E-state index contributed by atoms with van der Waals surface area (Å²) in [6.07, 6.45) is -4.16. The maximum absolute atomic E-state index is 12.7. The molecule has 0 aliphatic carbocycles. The summed E-state index contributed by atoms with van der Waals surface area (Å²) in [5.41, 5.74) is 6.36. The highest BCUT2D eigenvalue weighted by Gasteiger charge is 2.30. The van der Waals surface area contributed by atoms with Crippen LogP contribution in [0.2, 0.25) is 10.0 Å². The van der Waals surface area contributed by atoms with E-state index in [0.717, 1.165) is 12.1 Å². The molecule has 0 radical (unpaired) electrons. The lowest BCUT2D eigenvalue weighted by Gasteiger charge is -2.16. The zero-order valence-electron chi connectivity index (χ0n) is 10.8. The summed E-state index contributed by atoms with van der Waals surface area (Å²) in [6, 6.07) is 9.48. The van der Waals surface area contributed by atoms with Crippen molar-refractivity contribution < 1.29 is 13.2 Å². The first kappa shape index (κ1) is 16.1. The molecular formula is C15H12Cl2F3N. The van der Waals surface area contributed by atoms with Crippen molar-refractivity contribution in [2.45, 2.75) is 18.6 Å². The van der Waals surface area contributed by atoms with Gasteiger partial charge in [0.15, 0.2) is 0 Å². The number of benzene rings is 2. The number of hydrogen-bond acceptors (Lipinski definition) is 1. The molecule has 6 heteroatoms. The molecule has 0 amide bonds. The Morgan fingerprint density at radius 3 is 2.14 bits per heavy atom. The first-order valence-corrected chi connectivity index (χ1v) is 6.90. The van der Waals surface area contributed by atoms with Gasteiger partial charge in [0.2, 0.25) is 0 Å². The number of halogens is 5. The fourth-order valence-corrected chi connectivity index (χ4v) is 2.77. The van der Waals surface area contributed by atoms with E-state index in [4.69, 9.17) is 28.9 Å². The molecule has 1 nitrogen and oxygen atoms in total. The Morgan fingerprint density at radius 1 is 1.00 bits per heavy atom. The minimum atomic E-state index is -4.37. The Hall–Kier alpha value is -1.23. The molecule has 0 aliphatic heterocycles. The molecular weight excluding hydrogens is 322 g/mol. The maximum Gasteiger partial charge on any atom is 0.416 e. The zero-order valence-corrected chi connectivity index (χ0v) is 12.3. The van der Waals surface area contributed by atoms with Crippen LogP contribution in [0, 0.1) is 0 Å². The van der Waals surface area contributed by atoms with E-state index in [1.54, 1.807) is 24.3 Å². The van der Waals surface area contributed by atoms with Crippen LogP contribution >= 0.6 is 23.2 Å². The smallest absolute Gasteiger partial charge is 0.324 e. The van der Waals surface area contributed by atoms with Gasteiger partial charge >= 0.3 is 6.18 Å². The molecule has 0 bridgehead atoms. The third-order valence-corrected chi connectivity index (χ3v) is 3.74. The van der Waals surface area contributed by atoms with E-state index in [1.807, 2.05) is 0 Å². The molecule has 2 aromatic rings. The van der Waals surface area contributed by atoms with Crippen LogP contribution in [0.25, 0.3) is 0 Å². The van der Waals surface area contributed by atoms with Gasteiger partial charge in [-0.1, -0.05) is 47.5 Å². The van der Waals surface area contributed by atoms with Gasteiger partial charge in [-0.25, -0.2) is 0 Å². The molecule has 112 valence electrons. The Bertz CT molecular complexity index is 621. The van der Waals surface area contributed by atoms with E-state index in [-0.39, 0.29) is 6.42 Å². The Balaban J connectivity index is 2.26. The average Bonchev–Trinajstić information content (AvgIpc) is 2.37. The monoisotopic (exact) mass is 333 g/mol. The van der Waals surface area contributed by atoms with Gasteiger partial charge in [-0.3, -0.25) is 0 Å². The molecule has 1 atom stereocenters. The second-order valence-corrected chi connectivity index (χ2v) is 5.46. The second-order valence-electron chi connectivity index (χ2n) is 4.64. The quantitative estimate of drug-likeness (QED) is 0.815. The van der Waals surface area contributed by atoms with Crippen LogP contribution < -0.4 is 5.73 Å². The lowest BCUT2D eigenvalue weighted by molar-refractivity contribution is -0.137. The molecule has 2 N–H and O–H groups in total. The van der Waals surface area contributed by atoms with Gasteiger partial charge in [0, 0.05) is 21.7 Å². The molecule has 0 heterocycles. The molecule has 0 fully saturated rings. The molecule has 0 spiro atoms. The van der Waals surface area contributed by atoms with Crippen molar-refractivity contribution in [3.8, 4) is 0 Å². The van der Waals surface area contributed by atoms with Crippen molar-refractivity contribution in [1.82, 2.24) is 0 Å². The second kappa shape index (κ2) is 6.26. The average molecular weight is 334 g/mol. The summed E-state index contributed by atoms with van der Waals surface area (Å²) < 4.78 is 38.0. The van der Waals surface area contributed by atoms with Crippen molar-refractivity contribution in [3.05, 3.63) is 69.2 Å². The number of nitrogens with two attached hydrogens (primary N) is 1. The highest BCUT2D eigenvalue weighted by Crippen LogP contribution is 2.33. The summed E-state index contributed by atoms with van der Waals surface area (Å²) in [6.45, 7) is 0. The standard InChI is InChI=1S/C15H12Cl2F3N/c16-11-5-2-6-12(17)14(11)13(21)8-9-3-1-4-10(7-9)15(18,19)20/h1-7,13H,8,21H2. The normalized spacial score (nSPS) is 13.2. The molecule has 0 aromatic heterocycles. The molecule has 2 aromatic carbocycles. The van der Waals surface area contributed by atoms with Gasteiger partial charge in [-0.15, -0.1) is 0 Å². The lowest BCUT2D eigenvalue weighted by atomic mass is 9.98. The summed E-state index contributed by atoms with van der Waals surface area (Å²) in [5, 5.41) is 0.809. The fraction of sp³-hybridized carbons (Fsp3) is 0.200. The van der Waals surface area contributed by atoms with E-state index >= 15 is 0 Å². The maximum atomic E-state index is 12.7. The van der Waals surface area contributed by atoms with Crippen LogP contribution in [0.15, 0.2) is 42.5 Å². The summed E-state index contributed by atoms with van der Waals surface area (Å²) >= 11 is 12.1. The predicted octanol–water partition coefficient (Wildman–Crippen LogP) is 5.25. The molecule has 0 aliphatic rings. The fourth-order valence-electron chi connectivity index (χ4n) is 2.10. The number of hydrogen-bond donors (Lipinski definition) is 1. The van der Waals surface area contributed by atoms with Crippen molar-refractivity contribution in [2.75, 3.05) is 0 Å². The summed E-state index contributed by atoms with van der Waals surface area (Å²) in [4.78, 5) is 0. The lowest BCUT2D eigenvalue weighted by Crippen LogP contribution is -2.15. The number of rotatable bonds is 3. The predicted molar refractivity (Wildman–Crippen MR) is 78.5 cm³/mol. The topological polar surface area (TPSA) is 26.0 Å². The molecule has 2 rings (SSSR count). The van der Waals surface area contributed by atoms with Crippen LogP contribution in [0.3, 0.4) is 0 Å². The Labute approximate surface area is 130 Å². The highest BCUT2D eigenvalue weighted by molar-refractivity contribution is 6.36. The molecule has 1 unspecified atom stereocenters. The Kier molecular flexibility index (Phi) is 4.81. The molecule has 21 heavy (non-hydrogen) atoms. The largest absolute Gasteiger partial charge is 0.416 e. The van der Waals surface area contributed by atoms with E-state index < -0.39 is 17.8 Å². The van der Waals surface area contributed by atoms with Crippen molar-refractivity contribution in [2.24, 2.45) is 5.73 Å². The van der Waals surface area contributed by atoms with Gasteiger partial charge in [-0.05, 0) is 30.2 Å².